The van der Waals surface area contributed by atoms with Crippen molar-refractivity contribution in [2.75, 3.05) is 12.4 Å². The molecular formula is C14H18BrClFN. The first-order valence-corrected chi connectivity index (χ1v) is 7.77. The molecule has 1 aromatic carbocycles. The van der Waals surface area contributed by atoms with Gasteiger partial charge in [-0.3, -0.25) is 4.90 Å². The van der Waals surface area contributed by atoms with Crippen LogP contribution in [0.1, 0.15) is 31.2 Å². The van der Waals surface area contributed by atoms with E-state index in [1.165, 1.54) is 31.7 Å². The van der Waals surface area contributed by atoms with Crippen molar-refractivity contribution < 1.29 is 4.39 Å². The van der Waals surface area contributed by atoms with Crippen molar-refractivity contribution in [3.05, 3.63) is 34.1 Å². The van der Waals surface area contributed by atoms with E-state index in [4.69, 9.17) is 11.6 Å². The van der Waals surface area contributed by atoms with Crippen LogP contribution in [0.2, 0.25) is 0 Å². The molecule has 0 atom stereocenters. The van der Waals surface area contributed by atoms with Gasteiger partial charge in [-0.1, -0.05) is 28.8 Å². The van der Waals surface area contributed by atoms with Gasteiger partial charge in [0.15, 0.2) is 0 Å². The molecule has 1 saturated carbocycles. The SMILES string of the molecule is Fc1cc(Br)cc(CN(CCCl)C2CCCC2)c1. The van der Waals surface area contributed by atoms with Gasteiger partial charge in [0.05, 0.1) is 0 Å². The number of nitrogens with zero attached hydrogens (tertiary/aromatic N) is 1. The summed E-state index contributed by atoms with van der Waals surface area (Å²) in [5.74, 6) is 0.448. The minimum Gasteiger partial charge on any atom is -0.295 e. The summed E-state index contributed by atoms with van der Waals surface area (Å²) in [5, 5.41) is 0. The quantitative estimate of drug-likeness (QED) is 0.713. The first-order valence-electron chi connectivity index (χ1n) is 6.44. The second-order valence-electron chi connectivity index (χ2n) is 4.88. The van der Waals surface area contributed by atoms with Crippen molar-refractivity contribution in [1.82, 2.24) is 4.90 Å². The zero-order chi connectivity index (χ0) is 13.0. The van der Waals surface area contributed by atoms with Crippen LogP contribution in [0.3, 0.4) is 0 Å². The van der Waals surface area contributed by atoms with Crippen LogP contribution >= 0.6 is 27.5 Å². The van der Waals surface area contributed by atoms with Gasteiger partial charge in [0, 0.05) is 29.5 Å². The monoisotopic (exact) mass is 333 g/mol. The highest BCUT2D eigenvalue weighted by Gasteiger charge is 2.22. The number of benzene rings is 1. The maximum Gasteiger partial charge on any atom is 0.124 e. The third kappa shape index (κ3) is 3.94. The van der Waals surface area contributed by atoms with Crippen LogP contribution in [0.4, 0.5) is 4.39 Å². The predicted molar refractivity (Wildman–Crippen MR) is 77.5 cm³/mol. The number of alkyl halides is 1. The highest BCUT2D eigenvalue weighted by Crippen LogP contribution is 2.25. The number of halogens is 3. The Balaban J connectivity index is 2.07. The van der Waals surface area contributed by atoms with Crippen molar-refractivity contribution in [2.24, 2.45) is 0 Å². The lowest BCUT2D eigenvalue weighted by atomic mass is 10.1. The van der Waals surface area contributed by atoms with Gasteiger partial charge in [-0.15, -0.1) is 11.6 Å². The summed E-state index contributed by atoms with van der Waals surface area (Å²) in [6.45, 7) is 1.66. The summed E-state index contributed by atoms with van der Waals surface area (Å²) in [6.07, 6.45) is 5.09. The molecule has 0 unspecified atom stereocenters. The molecule has 18 heavy (non-hydrogen) atoms. The molecule has 1 aliphatic rings. The van der Waals surface area contributed by atoms with Crippen LogP contribution < -0.4 is 0 Å². The minimum atomic E-state index is -0.184. The zero-order valence-corrected chi connectivity index (χ0v) is 12.7. The third-order valence-electron chi connectivity index (χ3n) is 3.52. The molecule has 0 aromatic heterocycles. The molecule has 0 spiro atoms. The van der Waals surface area contributed by atoms with E-state index >= 15 is 0 Å². The number of hydrogen-bond donors (Lipinski definition) is 0. The highest BCUT2D eigenvalue weighted by atomic mass is 79.9. The fourth-order valence-electron chi connectivity index (χ4n) is 2.71. The Labute approximate surface area is 121 Å². The molecule has 0 bridgehead atoms. The zero-order valence-electron chi connectivity index (χ0n) is 10.3. The Bertz CT molecular complexity index is 373. The Morgan fingerprint density at radius 1 is 1.28 bits per heavy atom. The lowest BCUT2D eigenvalue weighted by molar-refractivity contribution is 0.201. The Morgan fingerprint density at radius 3 is 2.61 bits per heavy atom. The van der Waals surface area contributed by atoms with Crippen molar-refractivity contribution in [3.8, 4) is 0 Å². The van der Waals surface area contributed by atoms with Gasteiger partial charge >= 0.3 is 0 Å². The smallest absolute Gasteiger partial charge is 0.124 e. The molecule has 0 aliphatic heterocycles. The average molecular weight is 335 g/mol. The maximum atomic E-state index is 13.4. The molecule has 0 heterocycles. The molecule has 2 rings (SSSR count). The average Bonchev–Trinajstić information content (AvgIpc) is 2.80. The van der Waals surface area contributed by atoms with E-state index in [1.807, 2.05) is 6.07 Å². The van der Waals surface area contributed by atoms with E-state index in [0.29, 0.717) is 11.9 Å². The molecule has 0 radical (unpaired) electrons. The predicted octanol–water partition coefficient (Wildman–Crippen LogP) is 4.57. The van der Waals surface area contributed by atoms with Crippen LogP contribution in [0.25, 0.3) is 0 Å². The second-order valence-corrected chi connectivity index (χ2v) is 6.17. The van der Waals surface area contributed by atoms with E-state index < -0.39 is 0 Å². The highest BCUT2D eigenvalue weighted by molar-refractivity contribution is 9.10. The molecule has 0 saturated heterocycles. The van der Waals surface area contributed by atoms with Crippen molar-refractivity contribution in [2.45, 2.75) is 38.3 Å². The Morgan fingerprint density at radius 2 is 2.00 bits per heavy atom. The molecule has 100 valence electrons. The van der Waals surface area contributed by atoms with Gasteiger partial charge in [-0.25, -0.2) is 4.39 Å². The van der Waals surface area contributed by atoms with E-state index in [0.717, 1.165) is 23.1 Å². The van der Waals surface area contributed by atoms with Gasteiger partial charge in [-0.2, -0.15) is 0 Å². The topological polar surface area (TPSA) is 3.24 Å². The molecule has 1 aromatic rings. The largest absolute Gasteiger partial charge is 0.295 e. The molecule has 4 heteroatoms. The summed E-state index contributed by atoms with van der Waals surface area (Å²) in [4.78, 5) is 2.39. The van der Waals surface area contributed by atoms with E-state index in [1.54, 1.807) is 6.07 Å². The molecule has 1 fully saturated rings. The van der Waals surface area contributed by atoms with E-state index in [2.05, 4.69) is 20.8 Å². The van der Waals surface area contributed by atoms with E-state index in [9.17, 15) is 4.39 Å². The summed E-state index contributed by atoms with van der Waals surface area (Å²) in [5.41, 5.74) is 1.01. The Kier molecular flexibility index (Phi) is 5.46. The van der Waals surface area contributed by atoms with Crippen molar-refractivity contribution in [1.29, 1.82) is 0 Å². The number of rotatable bonds is 5. The first-order chi connectivity index (χ1) is 8.69. The van der Waals surface area contributed by atoms with Crippen LogP contribution in [-0.4, -0.2) is 23.4 Å². The third-order valence-corrected chi connectivity index (χ3v) is 4.15. The minimum absolute atomic E-state index is 0.184. The lowest BCUT2D eigenvalue weighted by Gasteiger charge is -2.28. The normalized spacial score (nSPS) is 16.7. The lowest BCUT2D eigenvalue weighted by Crippen LogP contribution is -2.34. The molecule has 1 aliphatic carbocycles. The molecular weight excluding hydrogens is 317 g/mol. The summed E-state index contributed by atoms with van der Waals surface area (Å²) in [6, 6.07) is 5.70. The van der Waals surface area contributed by atoms with Gasteiger partial charge < -0.3 is 0 Å². The standard InChI is InChI=1S/C14H18BrClFN/c15-12-7-11(8-13(17)9-12)10-18(6-5-16)14-3-1-2-4-14/h7-9,14H,1-6,10H2. The second kappa shape index (κ2) is 6.88. The molecule has 1 nitrogen and oxygen atoms in total. The first kappa shape index (κ1) is 14.3. The van der Waals surface area contributed by atoms with Crippen LogP contribution in [0.15, 0.2) is 22.7 Å². The van der Waals surface area contributed by atoms with Crippen LogP contribution in [0, 0.1) is 5.82 Å². The van der Waals surface area contributed by atoms with Gasteiger partial charge in [0.25, 0.3) is 0 Å². The van der Waals surface area contributed by atoms with Crippen molar-refractivity contribution >= 4 is 27.5 Å². The fourth-order valence-corrected chi connectivity index (χ4v) is 3.44. The summed E-state index contributed by atoms with van der Waals surface area (Å²) in [7, 11) is 0. The van der Waals surface area contributed by atoms with Gasteiger partial charge in [0.2, 0.25) is 0 Å². The van der Waals surface area contributed by atoms with Gasteiger partial charge in [0.1, 0.15) is 5.82 Å². The van der Waals surface area contributed by atoms with Crippen LogP contribution in [-0.2, 0) is 6.54 Å². The summed E-state index contributed by atoms with van der Waals surface area (Å²) >= 11 is 9.22. The van der Waals surface area contributed by atoms with Crippen LogP contribution in [0.5, 0.6) is 0 Å². The van der Waals surface area contributed by atoms with Gasteiger partial charge in [-0.05, 0) is 36.6 Å². The number of hydrogen-bond acceptors (Lipinski definition) is 1. The molecule has 0 N–H and O–H groups in total. The Hall–Kier alpha value is -0.120. The maximum absolute atomic E-state index is 13.4. The summed E-state index contributed by atoms with van der Waals surface area (Å²) < 4.78 is 14.2. The fraction of sp³-hybridized carbons (Fsp3) is 0.571. The van der Waals surface area contributed by atoms with E-state index in [-0.39, 0.29) is 5.82 Å². The van der Waals surface area contributed by atoms with Crippen molar-refractivity contribution in [3.63, 3.8) is 0 Å². The molecule has 0 amide bonds.